The Labute approximate surface area is 108 Å². The molecule has 0 atom stereocenters. The molecule has 0 radical (unpaired) electrons. The largest absolute Gasteiger partial charge is 0.507 e. The van der Waals surface area contributed by atoms with Crippen LogP contribution in [-0.2, 0) is 11.2 Å². The number of hydrogen-bond acceptors (Lipinski definition) is 3. The van der Waals surface area contributed by atoms with Gasteiger partial charge in [0.05, 0.1) is 0 Å². The van der Waals surface area contributed by atoms with Crippen LogP contribution in [0.5, 0.6) is 5.75 Å². The lowest BCUT2D eigenvalue weighted by atomic mass is 10.0. The third-order valence-electron chi connectivity index (χ3n) is 2.85. The summed E-state index contributed by atoms with van der Waals surface area (Å²) in [7, 11) is 0. The van der Waals surface area contributed by atoms with Crippen molar-refractivity contribution in [3.63, 3.8) is 0 Å². The van der Waals surface area contributed by atoms with Gasteiger partial charge in [-0.25, -0.2) is 0 Å². The van der Waals surface area contributed by atoms with Gasteiger partial charge in [0.1, 0.15) is 5.75 Å². The van der Waals surface area contributed by atoms with E-state index in [-0.39, 0.29) is 18.6 Å². The second-order valence-corrected chi connectivity index (χ2v) is 4.03. The molecule has 2 rings (SSSR count). The minimum absolute atomic E-state index is 0.0359. The van der Waals surface area contributed by atoms with Crippen molar-refractivity contribution < 1.29 is 15.0 Å². The van der Waals surface area contributed by atoms with Crippen LogP contribution in [-0.4, -0.2) is 16.2 Å². The zero-order valence-corrected chi connectivity index (χ0v) is 9.95. The summed E-state index contributed by atoms with van der Waals surface area (Å²) in [6, 6.07) is 8.39. The lowest BCUT2D eigenvalue weighted by Gasteiger charge is -2.08. The van der Waals surface area contributed by atoms with Crippen LogP contribution in [0.25, 0.3) is 21.2 Å². The molecule has 0 aliphatic heterocycles. The number of aliphatic carboxylic acids is 1. The van der Waals surface area contributed by atoms with Crippen molar-refractivity contribution in [1.82, 2.24) is 0 Å². The summed E-state index contributed by atoms with van der Waals surface area (Å²) in [5.74, 6) is -0.879. The molecule has 0 unspecified atom stereocenters. The number of rotatable bonds is 4. The molecular formula is C13H11N3O3. The number of azide groups is 1. The molecule has 2 aromatic rings. The lowest BCUT2D eigenvalue weighted by molar-refractivity contribution is -0.136. The standard InChI is InChI=1S/C13H11N3O3/c14-16-15-11-3-1-2-10-9(11)6-4-8(13(10)19)5-7-12(17)18/h1-4,6,19H,5,7H2,(H,17,18). The number of carboxylic acid groups (broad SMARTS) is 1. The zero-order valence-electron chi connectivity index (χ0n) is 9.95. The number of carbonyl (C=O) groups is 1. The first-order valence-corrected chi connectivity index (χ1v) is 5.64. The average Bonchev–Trinajstić information content (AvgIpc) is 2.39. The second kappa shape index (κ2) is 5.29. The van der Waals surface area contributed by atoms with Crippen molar-refractivity contribution in [3.05, 3.63) is 46.3 Å². The van der Waals surface area contributed by atoms with E-state index >= 15 is 0 Å². The normalized spacial score (nSPS) is 10.1. The predicted octanol–water partition coefficient (Wildman–Crippen LogP) is 3.50. The van der Waals surface area contributed by atoms with Crippen molar-refractivity contribution in [3.8, 4) is 5.75 Å². The number of phenols is 1. The van der Waals surface area contributed by atoms with Crippen LogP contribution in [0.1, 0.15) is 12.0 Å². The van der Waals surface area contributed by atoms with Crippen LogP contribution in [0, 0.1) is 0 Å². The fraction of sp³-hybridized carbons (Fsp3) is 0.154. The van der Waals surface area contributed by atoms with E-state index in [1.165, 1.54) is 0 Å². The highest BCUT2D eigenvalue weighted by molar-refractivity contribution is 5.97. The Morgan fingerprint density at radius 2 is 2.05 bits per heavy atom. The number of phenolic OH excluding ortho intramolecular Hbond substituents is 1. The van der Waals surface area contributed by atoms with Crippen LogP contribution >= 0.6 is 0 Å². The van der Waals surface area contributed by atoms with Crippen molar-refractivity contribution in [2.75, 3.05) is 0 Å². The van der Waals surface area contributed by atoms with E-state index in [1.807, 2.05) is 0 Å². The molecule has 6 heteroatoms. The summed E-state index contributed by atoms with van der Waals surface area (Å²) in [6.07, 6.45) is 0.206. The van der Waals surface area contributed by atoms with E-state index in [0.717, 1.165) is 0 Å². The molecule has 0 spiro atoms. The number of carboxylic acids is 1. The maximum absolute atomic E-state index is 10.6. The SMILES string of the molecule is [N-]=[N+]=Nc1cccc2c(O)c(CCC(=O)O)ccc12. The summed E-state index contributed by atoms with van der Waals surface area (Å²) in [5, 5.41) is 23.5. The molecule has 19 heavy (non-hydrogen) atoms. The van der Waals surface area contributed by atoms with Crippen molar-refractivity contribution in [1.29, 1.82) is 0 Å². The molecular weight excluding hydrogens is 246 g/mol. The maximum atomic E-state index is 10.6. The topological polar surface area (TPSA) is 106 Å². The Hall–Kier alpha value is -2.72. The molecule has 0 saturated heterocycles. The number of hydrogen-bond donors (Lipinski definition) is 2. The van der Waals surface area contributed by atoms with Gasteiger partial charge in [-0.2, -0.15) is 0 Å². The highest BCUT2D eigenvalue weighted by Gasteiger charge is 2.09. The molecule has 2 N–H and O–H groups in total. The fourth-order valence-corrected chi connectivity index (χ4v) is 1.95. The molecule has 0 aromatic heterocycles. The van der Waals surface area contributed by atoms with Gasteiger partial charge in [-0.1, -0.05) is 35.4 Å². The smallest absolute Gasteiger partial charge is 0.303 e. The number of benzene rings is 2. The molecule has 96 valence electrons. The van der Waals surface area contributed by atoms with E-state index < -0.39 is 5.97 Å². The third-order valence-corrected chi connectivity index (χ3v) is 2.85. The van der Waals surface area contributed by atoms with Gasteiger partial charge in [-0.3, -0.25) is 4.79 Å². The Morgan fingerprint density at radius 3 is 2.74 bits per heavy atom. The van der Waals surface area contributed by atoms with Crippen molar-refractivity contribution in [2.24, 2.45) is 5.11 Å². The van der Waals surface area contributed by atoms with Gasteiger partial charge in [0.25, 0.3) is 0 Å². The molecule has 0 heterocycles. The summed E-state index contributed by atoms with van der Waals surface area (Å²) in [5.41, 5.74) is 9.47. The molecule has 0 fully saturated rings. The average molecular weight is 257 g/mol. The Balaban J connectivity index is 2.53. The van der Waals surface area contributed by atoms with Gasteiger partial charge in [0.2, 0.25) is 0 Å². The Kier molecular flexibility index (Phi) is 3.54. The Bertz CT molecular complexity index is 691. The molecule has 0 aliphatic carbocycles. The van der Waals surface area contributed by atoms with Crippen LogP contribution in [0.15, 0.2) is 35.4 Å². The number of fused-ring (bicyclic) bond motifs is 1. The second-order valence-electron chi connectivity index (χ2n) is 4.03. The van der Waals surface area contributed by atoms with E-state index in [1.54, 1.807) is 30.3 Å². The van der Waals surface area contributed by atoms with Crippen LogP contribution in [0.3, 0.4) is 0 Å². The first kappa shape index (κ1) is 12.7. The molecule has 6 nitrogen and oxygen atoms in total. The third kappa shape index (κ3) is 2.59. The Morgan fingerprint density at radius 1 is 1.26 bits per heavy atom. The molecule has 0 aliphatic rings. The summed E-state index contributed by atoms with van der Waals surface area (Å²) >= 11 is 0. The predicted molar refractivity (Wildman–Crippen MR) is 70.4 cm³/mol. The minimum Gasteiger partial charge on any atom is -0.507 e. The van der Waals surface area contributed by atoms with Gasteiger partial charge in [-0.15, -0.1) is 0 Å². The maximum Gasteiger partial charge on any atom is 0.303 e. The summed E-state index contributed by atoms with van der Waals surface area (Å²) in [6.45, 7) is 0. The summed E-state index contributed by atoms with van der Waals surface area (Å²) < 4.78 is 0. The fourth-order valence-electron chi connectivity index (χ4n) is 1.95. The summed E-state index contributed by atoms with van der Waals surface area (Å²) in [4.78, 5) is 13.3. The molecule has 2 aromatic carbocycles. The van der Waals surface area contributed by atoms with E-state index in [9.17, 15) is 9.90 Å². The number of nitrogens with zero attached hydrogens (tertiary/aromatic N) is 3. The zero-order chi connectivity index (χ0) is 13.8. The van der Waals surface area contributed by atoms with Gasteiger partial charge in [0.15, 0.2) is 0 Å². The lowest BCUT2D eigenvalue weighted by Crippen LogP contribution is -1.97. The van der Waals surface area contributed by atoms with E-state index in [2.05, 4.69) is 10.0 Å². The van der Waals surface area contributed by atoms with E-state index in [0.29, 0.717) is 22.0 Å². The molecule has 0 bridgehead atoms. The highest BCUT2D eigenvalue weighted by atomic mass is 16.4. The number of aryl methyl sites for hydroxylation is 1. The van der Waals surface area contributed by atoms with Gasteiger partial charge >= 0.3 is 5.97 Å². The van der Waals surface area contributed by atoms with Crippen LogP contribution in [0.2, 0.25) is 0 Å². The van der Waals surface area contributed by atoms with Crippen LogP contribution in [0.4, 0.5) is 5.69 Å². The van der Waals surface area contributed by atoms with E-state index in [4.69, 9.17) is 10.6 Å². The first-order chi connectivity index (χ1) is 9.13. The van der Waals surface area contributed by atoms with Crippen LogP contribution < -0.4 is 0 Å². The number of aromatic hydroxyl groups is 1. The van der Waals surface area contributed by atoms with Gasteiger partial charge in [-0.05, 0) is 22.9 Å². The van der Waals surface area contributed by atoms with Gasteiger partial charge in [0, 0.05) is 22.4 Å². The van der Waals surface area contributed by atoms with Crippen molar-refractivity contribution in [2.45, 2.75) is 12.8 Å². The highest BCUT2D eigenvalue weighted by Crippen LogP contribution is 2.34. The first-order valence-electron chi connectivity index (χ1n) is 5.64. The van der Waals surface area contributed by atoms with Crippen molar-refractivity contribution >= 4 is 22.4 Å². The van der Waals surface area contributed by atoms with Gasteiger partial charge < -0.3 is 10.2 Å². The molecule has 0 saturated carbocycles. The quantitative estimate of drug-likeness (QED) is 0.497. The monoisotopic (exact) mass is 257 g/mol. The minimum atomic E-state index is -0.915. The molecule has 0 amide bonds.